The van der Waals surface area contributed by atoms with Gasteiger partial charge in [-0.3, -0.25) is 9.78 Å². The van der Waals surface area contributed by atoms with Crippen molar-refractivity contribution in [3.8, 4) is 0 Å². The highest BCUT2D eigenvalue weighted by Crippen LogP contribution is 2.07. The maximum Gasteiger partial charge on any atom is 0.178 e. The van der Waals surface area contributed by atoms with Crippen LogP contribution in [0.2, 0.25) is 0 Å². The van der Waals surface area contributed by atoms with Crippen molar-refractivity contribution in [1.82, 2.24) is 10.3 Å². The lowest BCUT2D eigenvalue weighted by Crippen LogP contribution is -2.23. The van der Waals surface area contributed by atoms with Gasteiger partial charge in [-0.2, -0.15) is 0 Å². The Labute approximate surface area is 95.7 Å². The van der Waals surface area contributed by atoms with Crippen LogP contribution in [0.4, 0.5) is 0 Å². The second-order valence-corrected chi connectivity index (χ2v) is 3.86. The highest BCUT2D eigenvalue weighted by Gasteiger charge is 2.05. The highest BCUT2D eigenvalue weighted by molar-refractivity contribution is 5.92. The van der Waals surface area contributed by atoms with E-state index in [0.29, 0.717) is 18.7 Å². The van der Waals surface area contributed by atoms with Gasteiger partial charge < -0.3 is 10.4 Å². The number of hydrogen-bond donors (Lipinski definition) is 2. The zero-order valence-corrected chi connectivity index (χ0v) is 9.73. The van der Waals surface area contributed by atoms with Crippen molar-refractivity contribution in [3.63, 3.8) is 0 Å². The van der Waals surface area contributed by atoms with Crippen LogP contribution in [0.5, 0.6) is 0 Å². The summed E-state index contributed by atoms with van der Waals surface area (Å²) in [5, 5.41) is 12.5. The number of aliphatic hydroxyl groups is 1. The van der Waals surface area contributed by atoms with Gasteiger partial charge in [0.05, 0.1) is 6.10 Å². The average molecular weight is 222 g/mol. The van der Waals surface area contributed by atoms with Crippen molar-refractivity contribution in [2.24, 2.45) is 0 Å². The van der Waals surface area contributed by atoms with E-state index in [-0.39, 0.29) is 11.9 Å². The van der Waals surface area contributed by atoms with Crippen LogP contribution in [0.25, 0.3) is 0 Å². The van der Waals surface area contributed by atoms with E-state index in [9.17, 15) is 9.90 Å². The van der Waals surface area contributed by atoms with E-state index in [0.717, 1.165) is 12.0 Å². The standard InChI is InChI=1S/C12H18N2O2/c1-9(15)12-7-10(5-6-14-12)3-4-11(16)8-13-2/h5-7,11,13,16H,3-4,8H2,1-2H3. The van der Waals surface area contributed by atoms with Crippen LogP contribution in [0.3, 0.4) is 0 Å². The minimum atomic E-state index is -0.348. The first-order chi connectivity index (χ1) is 7.63. The van der Waals surface area contributed by atoms with Crippen LogP contribution in [0.1, 0.15) is 29.4 Å². The fourth-order valence-electron chi connectivity index (χ4n) is 1.49. The van der Waals surface area contributed by atoms with Crippen LogP contribution >= 0.6 is 0 Å². The lowest BCUT2D eigenvalue weighted by Gasteiger charge is -2.09. The monoisotopic (exact) mass is 222 g/mol. The highest BCUT2D eigenvalue weighted by atomic mass is 16.3. The second kappa shape index (κ2) is 6.35. The molecule has 0 amide bonds. The van der Waals surface area contributed by atoms with Gasteiger partial charge in [-0.05, 0) is 37.6 Å². The van der Waals surface area contributed by atoms with Gasteiger partial charge in [0.1, 0.15) is 5.69 Å². The molecule has 0 aromatic carbocycles. The Hall–Kier alpha value is -1.26. The number of Topliss-reactive ketones (excluding diaryl/α,β-unsaturated/α-hetero) is 1. The Kier molecular flexibility index (Phi) is 5.08. The van der Waals surface area contributed by atoms with Gasteiger partial charge in [-0.15, -0.1) is 0 Å². The Bertz CT molecular complexity index is 353. The fourth-order valence-corrected chi connectivity index (χ4v) is 1.49. The molecule has 0 radical (unpaired) electrons. The van der Waals surface area contributed by atoms with Crippen molar-refractivity contribution >= 4 is 5.78 Å². The van der Waals surface area contributed by atoms with Crippen molar-refractivity contribution in [2.45, 2.75) is 25.9 Å². The van der Waals surface area contributed by atoms with E-state index in [4.69, 9.17) is 0 Å². The molecular weight excluding hydrogens is 204 g/mol. The fraction of sp³-hybridized carbons (Fsp3) is 0.500. The molecule has 0 aliphatic carbocycles. The Morgan fingerprint density at radius 2 is 2.38 bits per heavy atom. The summed E-state index contributed by atoms with van der Waals surface area (Å²) in [5.41, 5.74) is 1.52. The number of aryl methyl sites for hydroxylation is 1. The van der Waals surface area contributed by atoms with Gasteiger partial charge in [0.25, 0.3) is 0 Å². The van der Waals surface area contributed by atoms with E-state index in [2.05, 4.69) is 10.3 Å². The van der Waals surface area contributed by atoms with Crippen LogP contribution in [0.15, 0.2) is 18.3 Å². The largest absolute Gasteiger partial charge is 0.392 e. The summed E-state index contributed by atoms with van der Waals surface area (Å²) in [7, 11) is 1.81. The number of carbonyl (C=O) groups is 1. The molecule has 88 valence electrons. The van der Waals surface area contributed by atoms with E-state index in [1.165, 1.54) is 6.92 Å². The predicted molar refractivity (Wildman–Crippen MR) is 62.5 cm³/mol. The van der Waals surface area contributed by atoms with Gasteiger partial charge in [0.15, 0.2) is 5.78 Å². The summed E-state index contributed by atoms with van der Waals surface area (Å²) < 4.78 is 0. The van der Waals surface area contributed by atoms with Crippen molar-refractivity contribution < 1.29 is 9.90 Å². The predicted octanol–water partition coefficient (Wildman–Crippen LogP) is 0.797. The SMILES string of the molecule is CNCC(O)CCc1ccnc(C(C)=O)c1. The molecule has 0 fully saturated rings. The number of rotatable bonds is 6. The summed E-state index contributed by atoms with van der Waals surface area (Å²) >= 11 is 0. The number of hydrogen-bond acceptors (Lipinski definition) is 4. The molecule has 1 atom stereocenters. The normalized spacial score (nSPS) is 12.4. The first-order valence-corrected chi connectivity index (χ1v) is 5.42. The zero-order valence-electron chi connectivity index (χ0n) is 9.73. The molecule has 2 N–H and O–H groups in total. The molecule has 4 nitrogen and oxygen atoms in total. The number of likely N-dealkylation sites (N-methyl/N-ethyl adjacent to an activating group) is 1. The molecule has 0 aliphatic rings. The molecule has 0 aliphatic heterocycles. The third-order valence-electron chi connectivity index (χ3n) is 2.39. The molecule has 16 heavy (non-hydrogen) atoms. The van der Waals surface area contributed by atoms with E-state index >= 15 is 0 Å². The molecule has 1 rings (SSSR count). The van der Waals surface area contributed by atoms with Crippen molar-refractivity contribution in [1.29, 1.82) is 0 Å². The summed E-state index contributed by atoms with van der Waals surface area (Å²) in [4.78, 5) is 15.1. The molecule has 0 spiro atoms. The van der Waals surface area contributed by atoms with Gasteiger partial charge >= 0.3 is 0 Å². The first-order valence-electron chi connectivity index (χ1n) is 5.42. The quantitative estimate of drug-likeness (QED) is 0.699. The minimum Gasteiger partial charge on any atom is -0.392 e. The summed E-state index contributed by atoms with van der Waals surface area (Å²) in [6.45, 7) is 2.09. The summed E-state index contributed by atoms with van der Waals surface area (Å²) in [5.74, 6) is -0.0300. The molecule has 1 heterocycles. The van der Waals surface area contributed by atoms with Crippen molar-refractivity contribution in [3.05, 3.63) is 29.6 Å². The number of pyridine rings is 1. The lowest BCUT2D eigenvalue weighted by molar-refractivity contribution is 0.101. The van der Waals surface area contributed by atoms with E-state index in [1.807, 2.05) is 13.1 Å². The molecule has 0 saturated carbocycles. The molecule has 1 unspecified atom stereocenters. The number of carbonyl (C=O) groups excluding carboxylic acids is 1. The van der Waals surface area contributed by atoms with Crippen LogP contribution in [-0.2, 0) is 6.42 Å². The second-order valence-electron chi connectivity index (χ2n) is 3.86. The van der Waals surface area contributed by atoms with Crippen LogP contribution in [0, 0.1) is 0 Å². The topological polar surface area (TPSA) is 62.2 Å². The molecule has 0 bridgehead atoms. The maximum absolute atomic E-state index is 11.1. The zero-order chi connectivity index (χ0) is 12.0. The molecule has 1 aromatic heterocycles. The van der Waals surface area contributed by atoms with Gasteiger partial charge in [-0.1, -0.05) is 0 Å². The Morgan fingerprint density at radius 1 is 1.62 bits per heavy atom. The van der Waals surface area contributed by atoms with Crippen LogP contribution in [-0.4, -0.2) is 35.6 Å². The third-order valence-corrected chi connectivity index (χ3v) is 2.39. The molecule has 4 heteroatoms. The number of aromatic nitrogens is 1. The van der Waals surface area contributed by atoms with Gasteiger partial charge in [0.2, 0.25) is 0 Å². The van der Waals surface area contributed by atoms with Crippen molar-refractivity contribution in [2.75, 3.05) is 13.6 Å². The van der Waals surface area contributed by atoms with Gasteiger partial charge in [0, 0.05) is 19.7 Å². The Balaban J connectivity index is 2.54. The van der Waals surface area contributed by atoms with E-state index < -0.39 is 0 Å². The number of ketones is 1. The minimum absolute atomic E-state index is 0.0300. The van der Waals surface area contributed by atoms with Crippen LogP contribution < -0.4 is 5.32 Å². The smallest absolute Gasteiger partial charge is 0.178 e. The lowest BCUT2D eigenvalue weighted by atomic mass is 10.1. The molecule has 0 saturated heterocycles. The van der Waals surface area contributed by atoms with Gasteiger partial charge in [-0.25, -0.2) is 0 Å². The Morgan fingerprint density at radius 3 is 3.00 bits per heavy atom. The van der Waals surface area contributed by atoms with E-state index in [1.54, 1.807) is 12.3 Å². The first kappa shape index (κ1) is 12.8. The average Bonchev–Trinajstić information content (AvgIpc) is 2.27. The third kappa shape index (κ3) is 4.08. The summed E-state index contributed by atoms with van der Waals surface area (Å²) in [6.07, 6.45) is 2.73. The summed E-state index contributed by atoms with van der Waals surface area (Å²) in [6, 6.07) is 3.66. The number of nitrogens with zero attached hydrogens (tertiary/aromatic N) is 1. The molecular formula is C12H18N2O2. The number of nitrogens with one attached hydrogen (secondary N) is 1. The molecule has 1 aromatic rings. The number of aliphatic hydroxyl groups excluding tert-OH is 1. The maximum atomic E-state index is 11.1.